The summed E-state index contributed by atoms with van der Waals surface area (Å²) in [7, 11) is 0. The van der Waals surface area contributed by atoms with Crippen LogP contribution in [0, 0.1) is 5.92 Å². The first-order chi connectivity index (χ1) is 51.7. The van der Waals surface area contributed by atoms with Gasteiger partial charge in [-0.1, -0.05) is 271 Å². The van der Waals surface area contributed by atoms with E-state index < -0.39 is 103 Å². The van der Waals surface area contributed by atoms with Gasteiger partial charge in [0.1, 0.15) is 36.2 Å². The van der Waals surface area contributed by atoms with E-state index in [1.807, 2.05) is 198 Å². The lowest BCUT2D eigenvalue weighted by atomic mass is 9.98. The van der Waals surface area contributed by atoms with Crippen molar-refractivity contribution in [1.82, 2.24) is 53.4 Å². The number of fused-ring (bicyclic) bond motifs is 3. The van der Waals surface area contributed by atoms with Gasteiger partial charge < -0.3 is 53.0 Å². The lowest BCUT2D eigenvalue weighted by Crippen LogP contribution is -2.55. The van der Waals surface area contributed by atoms with E-state index >= 15 is 0 Å². The molecule has 24 heteroatoms. The van der Waals surface area contributed by atoms with Crippen LogP contribution in [0.15, 0.2) is 241 Å². The molecule has 0 radical (unpaired) electrons. The zero-order chi connectivity index (χ0) is 76.6. The van der Waals surface area contributed by atoms with Gasteiger partial charge in [-0.2, -0.15) is 10.2 Å². The lowest BCUT2D eigenvalue weighted by Gasteiger charge is -2.25. The van der Waals surface area contributed by atoms with E-state index in [1.165, 1.54) is 13.8 Å². The molecule has 0 fully saturated rings. The number of urea groups is 2. The van der Waals surface area contributed by atoms with E-state index in [2.05, 4.69) is 63.6 Å². The van der Waals surface area contributed by atoms with Gasteiger partial charge in [-0.05, 0) is 94.7 Å². The van der Waals surface area contributed by atoms with Crippen LogP contribution in [0.2, 0.25) is 0 Å². The average Bonchev–Trinajstić information content (AvgIpc) is 1.62. The quantitative estimate of drug-likeness (QED) is 0.0135. The number of hydrogen-bond acceptors (Lipinski definition) is 14. The maximum Gasteiger partial charge on any atom is 0.407 e. The van der Waals surface area contributed by atoms with Crippen LogP contribution >= 0.6 is 0 Å². The van der Waals surface area contributed by atoms with Crippen molar-refractivity contribution in [2.24, 2.45) is 21.9 Å². The normalized spacial score (nSPS) is 13.1. The number of benzene rings is 8. The van der Waals surface area contributed by atoms with Crippen molar-refractivity contribution in [2.45, 2.75) is 122 Å². The van der Waals surface area contributed by atoms with Gasteiger partial charge in [0.15, 0.2) is 11.6 Å². The fourth-order valence-electron chi connectivity index (χ4n) is 12.3. The molecule has 9 rings (SSSR count). The number of carbonyl (C=O) groups excluding carboxylic acids is 10. The highest BCUT2D eigenvalue weighted by Crippen LogP contribution is 2.44. The summed E-state index contributed by atoms with van der Waals surface area (Å²) in [5.41, 5.74) is 19.3. The molecular weight excluding hydrogens is 1350 g/mol. The summed E-state index contributed by atoms with van der Waals surface area (Å²) in [5, 5.41) is 30.1. The molecule has 0 heterocycles. The number of hydrogen-bond donors (Lipinski definition) is 11. The van der Waals surface area contributed by atoms with Gasteiger partial charge in [0.25, 0.3) is 11.8 Å². The van der Waals surface area contributed by atoms with Crippen molar-refractivity contribution in [3.63, 3.8) is 0 Å². The van der Waals surface area contributed by atoms with Crippen LogP contribution < -0.4 is 59.1 Å². The molecule has 0 saturated heterocycles. The van der Waals surface area contributed by atoms with Gasteiger partial charge >= 0.3 is 18.2 Å². The second kappa shape index (κ2) is 41.2. The maximum absolute atomic E-state index is 14.2. The second-order valence-corrected chi connectivity index (χ2v) is 26.0. The highest BCUT2D eigenvalue weighted by atomic mass is 16.5. The van der Waals surface area contributed by atoms with Crippen molar-refractivity contribution >= 4 is 70.7 Å². The Hall–Kier alpha value is -12.4. The molecule has 1 aliphatic rings. The summed E-state index contributed by atoms with van der Waals surface area (Å²) in [6.45, 7) is 9.36. The Morgan fingerprint density at radius 3 is 1.15 bits per heavy atom. The number of ketones is 2. The molecule has 5 atom stereocenters. The molecule has 8 aromatic rings. The summed E-state index contributed by atoms with van der Waals surface area (Å²) < 4.78 is 5.79. The van der Waals surface area contributed by atoms with Crippen LogP contribution in [-0.4, -0.2) is 109 Å². The number of nitrogens with zero attached hydrogens (tertiary/aromatic N) is 2. The molecule has 0 unspecified atom stereocenters. The molecule has 0 spiro atoms. The number of Topliss-reactive ketones (excluding diaryl/α,β-unsaturated/α-hetero) is 2. The minimum absolute atomic E-state index is 0.0422. The van der Waals surface area contributed by atoms with Gasteiger partial charge in [0.2, 0.25) is 17.7 Å². The van der Waals surface area contributed by atoms with Crippen molar-refractivity contribution in [3.05, 3.63) is 275 Å². The molecule has 0 aromatic heterocycles. The van der Waals surface area contributed by atoms with Crippen LogP contribution in [0.3, 0.4) is 0 Å². The number of rotatable bonds is 33. The number of amides is 10. The fourth-order valence-corrected chi connectivity index (χ4v) is 12.3. The molecular formula is C83H93N13O11. The first kappa shape index (κ1) is 80.2. The number of nitrogens with one attached hydrogen (secondary N) is 10. The topological polar surface area (TPSA) is 351 Å². The number of hydrazone groups is 2. The highest BCUT2D eigenvalue weighted by Gasteiger charge is 2.34. The van der Waals surface area contributed by atoms with Crippen molar-refractivity contribution < 1.29 is 52.7 Å². The lowest BCUT2D eigenvalue weighted by molar-refractivity contribution is -0.127. The van der Waals surface area contributed by atoms with E-state index in [4.69, 9.17) is 10.5 Å². The molecule has 0 saturated carbocycles. The molecule has 12 N–H and O–H groups in total. The first-order valence-electron chi connectivity index (χ1n) is 35.6. The maximum atomic E-state index is 14.2. The fraction of sp³-hybridized carbons (Fsp3) is 0.277. The first-order valence-corrected chi connectivity index (χ1v) is 35.6. The van der Waals surface area contributed by atoms with Crippen molar-refractivity contribution in [1.29, 1.82) is 0 Å². The molecule has 8 aromatic carbocycles. The highest BCUT2D eigenvalue weighted by molar-refractivity contribution is 6.42. The Morgan fingerprint density at radius 1 is 0.421 bits per heavy atom. The zero-order valence-corrected chi connectivity index (χ0v) is 60.8. The number of ether oxygens (including phenoxy) is 1. The summed E-state index contributed by atoms with van der Waals surface area (Å²) in [6, 6.07) is 63.8. The third-order valence-corrected chi connectivity index (χ3v) is 17.4. The second-order valence-electron chi connectivity index (χ2n) is 26.0. The summed E-state index contributed by atoms with van der Waals surface area (Å²) >= 11 is 0. The SMILES string of the molecule is CCC[C@H](N)C(=NNC(=O)NC(c1ccccc1)c1ccccc1)C(=O)NCC(=O)N[C@H](C(C)=O)c1ccccc1.CCC[C@H](NC(=O)[C@H](CC(C)C)NC(=O)OCC1c2ccccc2-c2ccccc21)C(=NNC(=O)NC(c1ccccc1)c1ccccc1)C(=O)NCC(=O)N[C@H](C(C)=O)c1ccccc1. The van der Waals surface area contributed by atoms with Gasteiger partial charge in [-0.15, -0.1) is 0 Å². The summed E-state index contributed by atoms with van der Waals surface area (Å²) in [5.74, 6) is -4.20. The van der Waals surface area contributed by atoms with Gasteiger partial charge in [0.05, 0.1) is 37.3 Å². The Balaban J connectivity index is 0.000000302. The minimum atomic E-state index is -1.10. The Kier molecular flexibility index (Phi) is 30.9. The van der Waals surface area contributed by atoms with Crippen LogP contribution in [0.5, 0.6) is 0 Å². The van der Waals surface area contributed by atoms with Gasteiger partial charge in [-0.3, -0.25) is 33.6 Å². The van der Waals surface area contributed by atoms with Crippen LogP contribution in [0.4, 0.5) is 14.4 Å². The Labute approximate surface area is 623 Å². The van der Waals surface area contributed by atoms with Crippen molar-refractivity contribution in [2.75, 3.05) is 19.7 Å². The monoisotopic (exact) mass is 1450 g/mol. The zero-order valence-electron chi connectivity index (χ0n) is 60.8. The van der Waals surface area contributed by atoms with E-state index in [-0.39, 0.29) is 54.3 Å². The van der Waals surface area contributed by atoms with Crippen LogP contribution in [0.1, 0.15) is 148 Å². The number of alkyl carbamates (subject to hydrolysis) is 1. The molecule has 10 amide bonds. The third-order valence-electron chi connectivity index (χ3n) is 17.4. The predicted molar refractivity (Wildman–Crippen MR) is 411 cm³/mol. The molecule has 0 bridgehead atoms. The smallest absolute Gasteiger partial charge is 0.407 e. The van der Waals surface area contributed by atoms with Gasteiger partial charge in [0, 0.05) is 5.92 Å². The molecule has 24 nitrogen and oxygen atoms in total. The predicted octanol–water partition coefficient (Wildman–Crippen LogP) is 10.4. The molecule has 107 heavy (non-hydrogen) atoms. The van der Waals surface area contributed by atoms with E-state index in [0.29, 0.717) is 30.4 Å². The van der Waals surface area contributed by atoms with E-state index in [0.717, 1.165) is 44.5 Å². The van der Waals surface area contributed by atoms with E-state index in [1.54, 1.807) is 60.7 Å². The third kappa shape index (κ3) is 24.1. The summed E-state index contributed by atoms with van der Waals surface area (Å²) in [6.07, 6.45) is 1.18. The largest absolute Gasteiger partial charge is 0.449 e. The molecule has 1 aliphatic carbocycles. The number of nitrogens with two attached hydrogens (primary N) is 1. The average molecular weight is 1450 g/mol. The van der Waals surface area contributed by atoms with Crippen molar-refractivity contribution in [3.8, 4) is 11.1 Å². The van der Waals surface area contributed by atoms with E-state index in [9.17, 15) is 47.9 Å². The molecule has 556 valence electrons. The van der Waals surface area contributed by atoms with Crippen LogP contribution in [-0.2, 0) is 38.3 Å². The Morgan fingerprint density at radius 2 is 0.776 bits per heavy atom. The van der Waals surface area contributed by atoms with Crippen LogP contribution in [0.25, 0.3) is 11.1 Å². The standard InChI is InChI=1S/C52H57N7O7.C31H36N6O4/c1-5-19-43(54-49(62)44(30-33(2)3)55-52(65)66-32-42-40-28-17-15-26-38(40)39-27-16-18-29-41(39)42)48(50(63)53-31-45(61)56-46(34(4)60)35-20-9-6-10-21-35)58-59-51(64)57-47(36-22-11-7-12-23-36)37-24-13-8-14-25-37;1-3-13-25(32)29(30(40)33-20-26(39)34-27(21(2)38)22-14-7-4-8-15-22)36-37-31(41)35-28(23-16-9-5-10-17-23)24-18-11-6-12-19-24/h6-18,20-29,33,42-44,46-47H,5,19,30-32H2,1-4H3,(H,53,63)(H,54,62)(H,55,65)(H,56,61)(H2,57,59,64);4-12,14-19,25,27-28H,3,13,20,32H2,1-2H3,(H,33,40)(H,34,39)(H2,35,37,41)/t43-,44-,46+;25-,27+/m00/s1. The molecule has 0 aliphatic heterocycles. The number of carbonyl (C=O) groups is 10. The minimum Gasteiger partial charge on any atom is -0.449 e. The van der Waals surface area contributed by atoms with Gasteiger partial charge in [-0.25, -0.2) is 25.2 Å². The summed E-state index contributed by atoms with van der Waals surface area (Å²) in [4.78, 5) is 132. The Bertz CT molecular complexity index is 4240.